The van der Waals surface area contributed by atoms with Crippen LogP contribution in [0.2, 0.25) is 0 Å². The summed E-state index contributed by atoms with van der Waals surface area (Å²) in [6.45, 7) is -0.115. The minimum absolute atomic E-state index is 0.115. The minimum Gasteiger partial charge on any atom is -0.497 e. The zero-order valence-corrected chi connectivity index (χ0v) is 15.2. The molecule has 138 valence electrons. The Hall–Kier alpha value is -3.22. The highest BCUT2D eigenvalue weighted by Gasteiger charge is 2.19. The molecule has 0 bridgehead atoms. The molecule has 2 rings (SSSR count). The van der Waals surface area contributed by atoms with Crippen LogP contribution in [0.25, 0.3) is 0 Å². The van der Waals surface area contributed by atoms with E-state index in [1.54, 1.807) is 56.6 Å². The fourth-order valence-electron chi connectivity index (χ4n) is 2.38. The van der Waals surface area contributed by atoms with Gasteiger partial charge in [0.2, 0.25) is 5.91 Å². The lowest BCUT2D eigenvalue weighted by atomic mass is 10.1. The highest BCUT2D eigenvalue weighted by atomic mass is 16.5. The van der Waals surface area contributed by atoms with Gasteiger partial charge >= 0.3 is 0 Å². The largest absolute Gasteiger partial charge is 0.497 e. The van der Waals surface area contributed by atoms with E-state index in [0.717, 1.165) is 0 Å². The number of rotatable bonds is 7. The van der Waals surface area contributed by atoms with E-state index < -0.39 is 0 Å². The van der Waals surface area contributed by atoms with Crippen molar-refractivity contribution in [3.05, 3.63) is 48.0 Å². The number of carbonyl (C=O) groups excluding carboxylic acids is 2. The maximum atomic E-state index is 12.7. The van der Waals surface area contributed by atoms with Crippen LogP contribution in [0.3, 0.4) is 0 Å². The third-order valence-corrected chi connectivity index (χ3v) is 3.72. The molecular weight excluding hydrogens is 336 g/mol. The van der Waals surface area contributed by atoms with E-state index >= 15 is 0 Å². The monoisotopic (exact) mass is 358 g/mol. The molecule has 0 atom stereocenters. The molecule has 1 N–H and O–H groups in total. The molecule has 0 spiro atoms. The minimum atomic E-state index is -0.346. The number of nitrogens with one attached hydrogen (secondary N) is 1. The molecule has 0 aliphatic heterocycles. The summed E-state index contributed by atoms with van der Waals surface area (Å²) in [6.07, 6.45) is 0. The normalized spacial score (nSPS) is 10.0. The summed E-state index contributed by atoms with van der Waals surface area (Å²) in [7, 11) is 6.09. The lowest BCUT2D eigenvalue weighted by Gasteiger charge is -2.19. The van der Waals surface area contributed by atoms with E-state index in [1.165, 1.54) is 19.1 Å². The predicted molar refractivity (Wildman–Crippen MR) is 98.1 cm³/mol. The maximum absolute atomic E-state index is 12.7. The fraction of sp³-hybridized carbons (Fsp3) is 0.263. The van der Waals surface area contributed by atoms with Gasteiger partial charge in [-0.15, -0.1) is 0 Å². The number of amides is 2. The standard InChI is InChI=1S/C19H22N2O5/c1-21(12-18(22)20-13-6-5-7-14(10-13)24-2)19(23)16-11-15(25-3)8-9-17(16)26-4/h5-11H,12H2,1-4H3,(H,20,22). The first kappa shape index (κ1) is 19.1. The molecular formula is C19H22N2O5. The van der Waals surface area contributed by atoms with Crippen LogP contribution in [0.1, 0.15) is 10.4 Å². The topological polar surface area (TPSA) is 77.1 Å². The molecule has 0 saturated heterocycles. The molecule has 0 radical (unpaired) electrons. The van der Waals surface area contributed by atoms with Crippen LogP contribution in [-0.4, -0.2) is 51.6 Å². The number of hydrogen-bond donors (Lipinski definition) is 1. The van der Waals surface area contributed by atoms with Crippen molar-refractivity contribution >= 4 is 17.5 Å². The van der Waals surface area contributed by atoms with Gasteiger partial charge in [-0.1, -0.05) is 6.07 Å². The van der Waals surface area contributed by atoms with E-state index in [2.05, 4.69) is 5.32 Å². The van der Waals surface area contributed by atoms with E-state index in [4.69, 9.17) is 14.2 Å². The molecule has 0 aliphatic rings. The second kappa shape index (κ2) is 8.75. The van der Waals surface area contributed by atoms with Crippen LogP contribution >= 0.6 is 0 Å². The van der Waals surface area contributed by atoms with Gasteiger partial charge in [0, 0.05) is 18.8 Å². The van der Waals surface area contributed by atoms with Gasteiger partial charge in [0.1, 0.15) is 17.2 Å². The Morgan fingerprint density at radius 2 is 1.65 bits per heavy atom. The molecule has 7 heteroatoms. The van der Waals surface area contributed by atoms with Gasteiger partial charge in [-0.3, -0.25) is 9.59 Å². The van der Waals surface area contributed by atoms with Gasteiger partial charge in [-0.2, -0.15) is 0 Å². The van der Waals surface area contributed by atoms with E-state index in [-0.39, 0.29) is 18.4 Å². The number of nitrogens with zero attached hydrogens (tertiary/aromatic N) is 1. The van der Waals surface area contributed by atoms with Crippen molar-refractivity contribution in [2.45, 2.75) is 0 Å². The van der Waals surface area contributed by atoms with Gasteiger partial charge in [-0.25, -0.2) is 0 Å². The van der Waals surface area contributed by atoms with Crippen molar-refractivity contribution in [3.8, 4) is 17.2 Å². The molecule has 2 aromatic rings. The molecule has 0 heterocycles. The SMILES string of the molecule is COc1cccc(NC(=O)CN(C)C(=O)c2cc(OC)ccc2OC)c1. The van der Waals surface area contributed by atoms with Gasteiger partial charge in [0.25, 0.3) is 5.91 Å². The first-order valence-corrected chi connectivity index (χ1v) is 7.90. The molecule has 0 fully saturated rings. The van der Waals surface area contributed by atoms with Gasteiger partial charge in [-0.05, 0) is 30.3 Å². The molecule has 2 aromatic carbocycles. The van der Waals surface area contributed by atoms with Gasteiger partial charge in [0.05, 0.1) is 33.4 Å². The van der Waals surface area contributed by atoms with Gasteiger partial charge < -0.3 is 24.4 Å². The Balaban J connectivity index is 2.07. The smallest absolute Gasteiger partial charge is 0.257 e. The molecule has 0 aromatic heterocycles. The van der Waals surface area contributed by atoms with Crippen molar-refractivity contribution in [2.24, 2.45) is 0 Å². The summed E-state index contributed by atoms with van der Waals surface area (Å²) in [5.74, 6) is 0.907. The van der Waals surface area contributed by atoms with Crippen LogP contribution in [0.4, 0.5) is 5.69 Å². The molecule has 2 amide bonds. The number of benzene rings is 2. The van der Waals surface area contributed by atoms with Crippen LogP contribution in [-0.2, 0) is 4.79 Å². The summed E-state index contributed by atoms with van der Waals surface area (Å²) in [5, 5.41) is 2.74. The quantitative estimate of drug-likeness (QED) is 0.823. The summed E-state index contributed by atoms with van der Waals surface area (Å²) < 4.78 is 15.5. The lowest BCUT2D eigenvalue weighted by Crippen LogP contribution is -2.35. The number of likely N-dealkylation sites (N-methyl/N-ethyl adjacent to an activating group) is 1. The van der Waals surface area contributed by atoms with Crippen LogP contribution < -0.4 is 19.5 Å². The van der Waals surface area contributed by atoms with E-state index in [1.807, 2.05) is 0 Å². The van der Waals surface area contributed by atoms with E-state index in [9.17, 15) is 9.59 Å². The molecule has 0 aliphatic carbocycles. The van der Waals surface area contributed by atoms with Crippen molar-refractivity contribution in [1.82, 2.24) is 4.90 Å². The Kier molecular flexibility index (Phi) is 6.43. The fourth-order valence-corrected chi connectivity index (χ4v) is 2.38. The number of hydrogen-bond acceptors (Lipinski definition) is 5. The average molecular weight is 358 g/mol. The second-order valence-corrected chi connectivity index (χ2v) is 5.51. The summed E-state index contributed by atoms with van der Waals surface area (Å²) in [5.41, 5.74) is 0.915. The lowest BCUT2D eigenvalue weighted by molar-refractivity contribution is -0.116. The molecule has 0 saturated carbocycles. The Bertz CT molecular complexity index is 791. The third-order valence-electron chi connectivity index (χ3n) is 3.72. The Morgan fingerprint density at radius 3 is 2.31 bits per heavy atom. The molecule has 7 nitrogen and oxygen atoms in total. The van der Waals surface area contributed by atoms with Crippen molar-refractivity contribution in [3.63, 3.8) is 0 Å². The van der Waals surface area contributed by atoms with Crippen LogP contribution in [0.5, 0.6) is 17.2 Å². The van der Waals surface area contributed by atoms with Crippen LogP contribution in [0.15, 0.2) is 42.5 Å². The maximum Gasteiger partial charge on any atom is 0.257 e. The average Bonchev–Trinajstić information content (AvgIpc) is 2.66. The zero-order valence-electron chi connectivity index (χ0n) is 15.2. The Labute approximate surface area is 152 Å². The summed E-state index contributed by atoms with van der Waals surface area (Å²) in [6, 6.07) is 11.9. The van der Waals surface area contributed by atoms with Crippen molar-refractivity contribution in [1.29, 1.82) is 0 Å². The predicted octanol–water partition coefficient (Wildman–Crippen LogP) is 2.42. The Morgan fingerprint density at radius 1 is 0.962 bits per heavy atom. The number of carbonyl (C=O) groups is 2. The zero-order chi connectivity index (χ0) is 19.1. The number of ether oxygens (including phenoxy) is 3. The highest BCUT2D eigenvalue weighted by Crippen LogP contribution is 2.25. The first-order chi connectivity index (χ1) is 12.5. The number of anilines is 1. The molecule has 26 heavy (non-hydrogen) atoms. The van der Waals surface area contributed by atoms with Crippen molar-refractivity contribution in [2.75, 3.05) is 40.2 Å². The van der Waals surface area contributed by atoms with E-state index in [0.29, 0.717) is 28.5 Å². The number of methoxy groups -OCH3 is 3. The summed E-state index contributed by atoms with van der Waals surface area (Å²) >= 11 is 0. The second-order valence-electron chi connectivity index (χ2n) is 5.51. The van der Waals surface area contributed by atoms with Gasteiger partial charge in [0.15, 0.2) is 0 Å². The highest BCUT2D eigenvalue weighted by molar-refractivity contribution is 6.01. The summed E-state index contributed by atoms with van der Waals surface area (Å²) in [4.78, 5) is 26.2. The van der Waals surface area contributed by atoms with Crippen molar-refractivity contribution < 1.29 is 23.8 Å². The van der Waals surface area contributed by atoms with Crippen LogP contribution in [0, 0.1) is 0 Å². The third kappa shape index (κ3) is 4.66. The molecule has 0 unspecified atom stereocenters. The first-order valence-electron chi connectivity index (χ1n) is 7.90.